The Morgan fingerprint density at radius 2 is 0.558 bits per heavy atom. The van der Waals surface area contributed by atoms with Crippen molar-refractivity contribution in [3.8, 4) is 0 Å². The highest BCUT2D eigenvalue weighted by atomic mass is 19.4. The van der Waals surface area contributed by atoms with Gasteiger partial charge in [-0.2, -0.15) is 52.7 Å². The topological polar surface area (TPSA) is 123 Å². The van der Waals surface area contributed by atoms with E-state index in [0.29, 0.717) is 0 Å². The van der Waals surface area contributed by atoms with Gasteiger partial charge in [-0.05, 0) is 60.7 Å². The first kappa shape index (κ1) is 38.6. The van der Waals surface area contributed by atoms with Crippen LogP contribution in [0.5, 0.6) is 0 Å². The van der Waals surface area contributed by atoms with Gasteiger partial charge in [0.25, 0.3) is 0 Å². The molecule has 0 aliphatic rings. The number of anilines is 6. The summed E-state index contributed by atoms with van der Waals surface area (Å²) in [4.78, 5) is 38.0. The summed E-state index contributed by atoms with van der Waals surface area (Å²) < 4.78 is 158. The Bertz CT molecular complexity index is 1770. The van der Waals surface area contributed by atoms with Gasteiger partial charge in [0.05, 0.1) is 45.0 Å². The number of hydrogen-bond donors (Lipinski definition) is 6. The molecule has 0 aromatic heterocycles. The predicted octanol–water partition coefficient (Wildman–Crippen LogP) is 10.7. The molecule has 0 fully saturated rings. The second-order valence-electron chi connectivity index (χ2n) is 10.4. The number of nitrogens with one attached hydrogen (secondary N) is 6. The Morgan fingerprint density at radius 1 is 0.346 bits per heavy atom. The van der Waals surface area contributed by atoms with Crippen LogP contribution in [0, 0.1) is 0 Å². The summed E-state index contributed by atoms with van der Waals surface area (Å²) in [5.74, 6) is 0. The first-order chi connectivity index (χ1) is 24.0. The number of urea groups is 3. The van der Waals surface area contributed by atoms with Gasteiger partial charge in [0.1, 0.15) is 0 Å². The number of carbonyl (C=O) groups excluding carboxylic acids is 3. The van der Waals surface area contributed by atoms with E-state index in [2.05, 4.69) is 21.3 Å². The van der Waals surface area contributed by atoms with Crippen molar-refractivity contribution in [3.05, 3.63) is 107 Å². The Kier molecular flexibility index (Phi) is 10.9. The van der Waals surface area contributed by atoms with Crippen molar-refractivity contribution in [2.75, 3.05) is 31.9 Å². The van der Waals surface area contributed by atoms with Gasteiger partial charge in [0.15, 0.2) is 0 Å². The zero-order valence-electron chi connectivity index (χ0n) is 25.3. The minimum absolute atomic E-state index is 0.134. The highest BCUT2D eigenvalue weighted by Gasteiger charge is 2.38. The molecule has 0 saturated heterocycles. The van der Waals surface area contributed by atoms with E-state index in [9.17, 15) is 67.1 Å². The quantitative estimate of drug-likeness (QED) is 0.110. The molecule has 0 atom stereocenters. The maximum Gasteiger partial charge on any atom is 0.416 e. The predicted molar refractivity (Wildman–Crippen MR) is 164 cm³/mol. The van der Waals surface area contributed by atoms with Crippen molar-refractivity contribution in [3.63, 3.8) is 0 Å². The van der Waals surface area contributed by atoms with E-state index in [0.717, 1.165) is 0 Å². The Balaban J connectivity index is 1.46. The maximum absolute atomic E-state index is 13.2. The molecule has 4 rings (SSSR count). The van der Waals surface area contributed by atoms with E-state index in [1.54, 1.807) is 0 Å². The molecule has 0 spiro atoms. The van der Waals surface area contributed by atoms with Crippen LogP contribution in [0.1, 0.15) is 22.3 Å². The molecule has 6 amide bonds. The van der Waals surface area contributed by atoms with Gasteiger partial charge in [-0.1, -0.05) is 24.3 Å². The lowest BCUT2D eigenvalue weighted by molar-refractivity contribution is -0.144. The van der Waals surface area contributed by atoms with Gasteiger partial charge in [0, 0.05) is 11.4 Å². The fraction of sp³-hybridized carbons (Fsp3) is 0.129. The van der Waals surface area contributed by atoms with Crippen LogP contribution in [0.4, 0.5) is 101 Å². The molecule has 0 unspecified atom stereocenters. The van der Waals surface area contributed by atoms with Gasteiger partial charge >= 0.3 is 42.8 Å². The van der Waals surface area contributed by atoms with Crippen LogP contribution in [0.2, 0.25) is 0 Å². The van der Waals surface area contributed by atoms with Crippen LogP contribution in [0.3, 0.4) is 0 Å². The molecule has 0 bridgehead atoms. The van der Waals surface area contributed by atoms with Crippen molar-refractivity contribution in [2.45, 2.75) is 24.7 Å². The molecule has 4 aromatic rings. The van der Waals surface area contributed by atoms with Crippen LogP contribution in [0.25, 0.3) is 0 Å². The lowest BCUT2D eigenvalue weighted by Gasteiger charge is -2.17. The van der Waals surface area contributed by atoms with Crippen molar-refractivity contribution >= 4 is 52.2 Å². The average molecular weight is 753 g/mol. The molecule has 4 aromatic carbocycles. The van der Waals surface area contributed by atoms with E-state index in [1.165, 1.54) is 48.5 Å². The number of alkyl halides is 12. The lowest BCUT2D eigenvalue weighted by atomic mass is 10.1. The van der Waals surface area contributed by atoms with Gasteiger partial charge in [-0.25, -0.2) is 14.4 Å². The van der Waals surface area contributed by atoms with E-state index in [1.807, 2.05) is 10.6 Å². The fourth-order valence-corrected chi connectivity index (χ4v) is 4.30. The maximum atomic E-state index is 13.2. The Morgan fingerprint density at radius 3 is 0.769 bits per heavy atom. The molecule has 52 heavy (non-hydrogen) atoms. The normalized spacial score (nSPS) is 12.1. The molecular weight excluding hydrogens is 732 g/mol. The van der Waals surface area contributed by atoms with E-state index >= 15 is 0 Å². The third-order valence-corrected chi connectivity index (χ3v) is 6.54. The number of carbonyl (C=O) groups is 3. The van der Waals surface area contributed by atoms with Crippen LogP contribution >= 0.6 is 0 Å². The SMILES string of the molecule is O=C(Nc1cc(C(F)(F)F)cc(C(F)(F)F)c1)Nc1ccccc1NC(=O)Nc1ccccc1NC(=O)Nc1cc(C(F)(F)F)cc(C(F)(F)F)c1. The molecule has 0 heterocycles. The molecule has 276 valence electrons. The van der Waals surface area contributed by atoms with Crippen molar-refractivity contribution < 1.29 is 67.1 Å². The monoisotopic (exact) mass is 752 g/mol. The summed E-state index contributed by atoms with van der Waals surface area (Å²) in [6.45, 7) is 0. The number of para-hydroxylation sites is 4. The zero-order valence-corrected chi connectivity index (χ0v) is 25.3. The minimum Gasteiger partial charge on any atom is -0.308 e. The Labute approximate surface area is 283 Å². The van der Waals surface area contributed by atoms with Crippen molar-refractivity contribution in [1.29, 1.82) is 0 Å². The number of halogens is 12. The zero-order chi connectivity index (χ0) is 38.6. The summed E-state index contributed by atoms with van der Waals surface area (Å²) in [5, 5.41) is 12.7. The largest absolute Gasteiger partial charge is 0.416 e. The molecule has 0 saturated carbocycles. The molecule has 9 nitrogen and oxygen atoms in total. The third-order valence-electron chi connectivity index (χ3n) is 6.54. The second kappa shape index (κ2) is 14.6. The molecule has 21 heteroatoms. The second-order valence-corrected chi connectivity index (χ2v) is 10.4. The molecular formula is C31H20F12N6O3. The molecule has 0 aliphatic heterocycles. The highest BCUT2D eigenvalue weighted by Crippen LogP contribution is 2.39. The van der Waals surface area contributed by atoms with E-state index < -0.39 is 76.4 Å². The number of benzene rings is 4. The van der Waals surface area contributed by atoms with Crippen LogP contribution in [-0.4, -0.2) is 18.1 Å². The van der Waals surface area contributed by atoms with Crippen LogP contribution in [-0.2, 0) is 24.7 Å². The van der Waals surface area contributed by atoms with Crippen LogP contribution in [0.15, 0.2) is 84.9 Å². The number of amides is 6. The molecule has 0 radical (unpaired) electrons. The molecule has 0 aliphatic carbocycles. The van der Waals surface area contributed by atoms with E-state index in [4.69, 9.17) is 0 Å². The number of hydrogen-bond acceptors (Lipinski definition) is 3. The summed E-state index contributed by atoms with van der Waals surface area (Å²) in [6.07, 6.45) is -20.7. The first-order valence-electron chi connectivity index (χ1n) is 14.0. The van der Waals surface area contributed by atoms with Crippen molar-refractivity contribution in [1.82, 2.24) is 0 Å². The smallest absolute Gasteiger partial charge is 0.308 e. The average Bonchev–Trinajstić information content (AvgIpc) is 3.01. The number of rotatable bonds is 6. The Hall–Kier alpha value is -6.15. The molecule has 6 N–H and O–H groups in total. The van der Waals surface area contributed by atoms with Gasteiger partial charge in [-0.15, -0.1) is 0 Å². The summed E-state index contributed by atoms with van der Waals surface area (Å²) in [5.41, 5.74) is -9.14. The van der Waals surface area contributed by atoms with Gasteiger partial charge in [-0.3, -0.25) is 0 Å². The lowest BCUT2D eigenvalue weighted by Crippen LogP contribution is -2.25. The van der Waals surface area contributed by atoms with Crippen LogP contribution < -0.4 is 31.9 Å². The fourth-order valence-electron chi connectivity index (χ4n) is 4.30. The minimum atomic E-state index is -5.18. The summed E-state index contributed by atoms with van der Waals surface area (Å²) in [6, 6.07) is 7.53. The highest BCUT2D eigenvalue weighted by molar-refractivity contribution is 6.08. The summed E-state index contributed by atoms with van der Waals surface area (Å²) in [7, 11) is 0. The van der Waals surface area contributed by atoms with Gasteiger partial charge < -0.3 is 31.9 Å². The van der Waals surface area contributed by atoms with Gasteiger partial charge in [0.2, 0.25) is 0 Å². The standard InChI is InChI=1S/C31H20F12N6O3/c32-28(33,34)15-9-16(29(35,36)37)12-19(11-15)44-25(50)46-21-5-1-3-7-23(21)48-27(52)49-24-8-4-2-6-22(24)47-26(51)45-20-13-17(30(38,39)40)10-18(14-20)31(41,42)43/h1-14H,(H2,44,46,50)(H2,45,47,51)(H2,48,49,52). The van der Waals surface area contributed by atoms with E-state index in [-0.39, 0.29) is 59.1 Å². The summed E-state index contributed by atoms with van der Waals surface area (Å²) >= 11 is 0. The van der Waals surface area contributed by atoms with Crippen molar-refractivity contribution in [2.24, 2.45) is 0 Å². The third kappa shape index (κ3) is 10.4. The first-order valence-corrected chi connectivity index (χ1v) is 14.0.